The minimum atomic E-state index is -0.313. The van der Waals surface area contributed by atoms with Crippen molar-refractivity contribution in [3.8, 4) is 5.75 Å². The van der Waals surface area contributed by atoms with Gasteiger partial charge in [0.15, 0.2) is 0 Å². The summed E-state index contributed by atoms with van der Waals surface area (Å²) in [5, 5.41) is 15.1. The number of hydrogen-bond donors (Lipinski definition) is 3. The van der Waals surface area contributed by atoms with Gasteiger partial charge in [-0.2, -0.15) is 0 Å². The lowest BCUT2D eigenvalue weighted by molar-refractivity contribution is -0.122. The summed E-state index contributed by atoms with van der Waals surface area (Å²) in [6, 6.07) is 3.02. The van der Waals surface area contributed by atoms with Crippen LogP contribution in [-0.2, 0) is 11.3 Å². The van der Waals surface area contributed by atoms with E-state index in [2.05, 4.69) is 15.6 Å². The van der Waals surface area contributed by atoms with Gasteiger partial charge < -0.3 is 15.7 Å². The van der Waals surface area contributed by atoms with Gasteiger partial charge in [0.05, 0.1) is 11.7 Å². The topological polar surface area (TPSA) is 74.2 Å². The average Bonchev–Trinajstić information content (AvgIpc) is 2.28. The number of aromatic hydroxyl groups is 1. The first kappa shape index (κ1) is 15.7. The highest BCUT2D eigenvalue weighted by Gasteiger charge is 2.11. The Morgan fingerprint density at radius 1 is 1.53 bits per heavy atom. The quantitative estimate of drug-likeness (QED) is 0.746. The molecule has 1 amide bonds. The third kappa shape index (κ3) is 4.58. The fraction of sp³-hybridized carbons (Fsp3) is 0.455. The van der Waals surface area contributed by atoms with Gasteiger partial charge in [-0.05, 0) is 26.0 Å². The summed E-state index contributed by atoms with van der Waals surface area (Å²) in [5.41, 5.74) is 1.39. The Balaban J connectivity index is 0.00000256. The number of pyridine rings is 1. The van der Waals surface area contributed by atoms with Crippen molar-refractivity contribution in [2.45, 2.75) is 26.4 Å². The number of amides is 1. The number of carbonyl (C=O) groups is 1. The SMILES string of the molecule is CNC(=O)[C@@H](C)NCc1nc(C)ccc1O.Cl. The van der Waals surface area contributed by atoms with Crippen LogP contribution in [0.4, 0.5) is 0 Å². The molecule has 1 heterocycles. The number of rotatable bonds is 4. The van der Waals surface area contributed by atoms with Crippen LogP contribution in [0.15, 0.2) is 12.1 Å². The molecule has 0 radical (unpaired) electrons. The van der Waals surface area contributed by atoms with Gasteiger partial charge >= 0.3 is 0 Å². The zero-order valence-electron chi connectivity index (χ0n) is 10.2. The van der Waals surface area contributed by atoms with Crippen LogP contribution in [-0.4, -0.2) is 29.1 Å². The Labute approximate surface area is 107 Å². The minimum absolute atomic E-state index is 0. The van der Waals surface area contributed by atoms with Gasteiger partial charge in [0, 0.05) is 19.3 Å². The second kappa shape index (κ2) is 7.09. The highest BCUT2D eigenvalue weighted by atomic mass is 35.5. The van der Waals surface area contributed by atoms with Gasteiger partial charge in [0.25, 0.3) is 0 Å². The fourth-order valence-electron chi connectivity index (χ4n) is 1.29. The van der Waals surface area contributed by atoms with Crippen molar-refractivity contribution in [3.63, 3.8) is 0 Å². The van der Waals surface area contributed by atoms with E-state index in [0.29, 0.717) is 12.2 Å². The molecule has 1 aromatic heterocycles. The monoisotopic (exact) mass is 259 g/mol. The van der Waals surface area contributed by atoms with Crippen LogP contribution >= 0.6 is 12.4 Å². The molecule has 3 N–H and O–H groups in total. The number of aryl methyl sites for hydroxylation is 1. The maximum Gasteiger partial charge on any atom is 0.236 e. The minimum Gasteiger partial charge on any atom is -0.506 e. The lowest BCUT2D eigenvalue weighted by Gasteiger charge is -2.12. The van der Waals surface area contributed by atoms with Gasteiger partial charge in [-0.15, -0.1) is 12.4 Å². The summed E-state index contributed by atoms with van der Waals surface area (Å²) in [5.74, 6) is 0.0503. The third-order valence-corrected chi connectivity index (χ3v) is 2.30. The molecule has 0 saturated heterocycles. The van der Waals surface area contributed by atoms with Crippen molar-refractivity contribution in [2.75, 3.05) is 7.05 Å². The summed E-state index contributed by atoms with van der Waals surface area (Å²) in [4.78, 5) is 15.4. The first-order valence-corrected chi connectivity index (χ1v) is 5.15. The molecule has 0 aliphatic carbocycles. The number of nitrogens with one attached hydrogen (secondary N) is 2. The number of halogens is 1. The molecule has 6 heteroatoms. The van der Waals surface area contributed by atoms with Crippen LogP contribution in [0.3, 0.4) is 0 Å². The molecule has 0 bridgehead atoms. The number of hydrogen-bond acceptors (Lipinski definition) is 4. The second-order valence-corrected chi connectivity index (χ2v) is 3.64. The third-order valence-electron chi connectivity index (χ3n) is 2.30. The Kier molecular flexibility index (Phi) is 6.53. The van der Waals surface area contributed by atoms with Crippen molar-refractivity contribution in [3.05, 3.63) is 23.5 Å². The molecular formula is C11H18ClN3O2. The number of likely N-dealkylation sites (N-methyl/N-ethyl adjacent to an activating group) is 1. The first-order valence-electron chi connectivity index (χ1n) is 5.15. The Morgan fingerprint density at radius 3 is 2.76 bits per heavy atom. The van der Waals surface area contributed by atoms with Crippen molar-refractivity contribution >= 4 is 18.3 Å². The molecule has 0 saturated carbocycles. The summed E-state index contributed by atoms with van der Waals surface area (Å²) in [6.07, 6.45) is 0. The van der Waals surface area contributed by atoms with E-state index in [0.717, 1.165) is 5.69 Å². The van der Waals surface area contributed by atoms with Crippen molar-refractivity contribution < 1.29 is 9.90 Å². The zero-order valence-corrected chi connectivity index (χ0v) is 11.0. The van der Waals surface area contributed by atoms with Crippen LogP contribution in [0.25, 0.3) is 0 Å². The summed E-state index contributed by atoms with van der Waals surface area (Å²) in [6.45, 7) is 3.97. The zero-order chi connectivity index (χ0) is 12.1. The molecule has 0 unspecified atom stereocenters. The maximum atomic E-state index is 11.2. The summed E-state index contributed by atoms with van der Waals surface area (Å²) in [7, 11) is 1.59. The molecule has 0 spiro atoms. The van der Waals surface area contributed by atoms with Crippen LogP contribution in [0.1, 0.15) is 18.3 Å². The number of aromatic nitrogens is 1. The predicted molar refractivity (Wildman–Crippen MR) is 68.3 cm³/mol. The first-order chi connectivity index (χ1) is 7.54. The Morgan fingerprint density at radius 2 is 2.18 bits per heavy atom. The normalized spacial score (nSPS) is 11.5. The van der Waals surface area contributed by atoms with Crippen LogP contribution < -0.4 is 10.6 Å². The van der Waals surface area contributed by atoms with E-state index in [1.807, 2.05) is 6.92 Å². The smallest absolute Gasteiger partial charge is 0.236 e. The van der Waals surface area contributed by atoms with Crippen LogP contribution in [0, 0.1) is 6.92 Å². The highest BCUT2D eigenvalue weighted by molar-refractivity contribution is 5.85. The van der Waals surface area contributed by atoms with Crippen molar-refractivity contribution in [1.82, 2.24) is 15.6 Å². The molecule has 96 valence electrons. The van der Waals surface area contributed by atoms with Gasteiger partial charge in [-0.3, -0.25) is 9.78 Å². The number of carbonyl (C=O) groups excluding carboxylic acids is 1. The Hall–Kier alpha value is -1.33. The van der Waals surface area contributed by atoms with Crippen molar-refractivity contribution in [2.24, 2.45) is 0 Å². The standard InChI is InChI=1S/C11H17N3O2.ClH/c1-7-4-5-10(15)9(14-7)6-13-8(2)11(16)12-3;/h4-5,8,13,15H,6H2,1-3H3,(H,12,16);1H/t8-;/m1./s1. The van der Waals surface area contributed by atoms with E-state index in [9.17, 15) is 9.90 Å². The van der Waals surface area contributed by atoms with Crippen LogP contribution in [0.5, 0.6) is 5.75 Å². The predicted octanol–water partition coefficient (Wildman–Crippen LogP) is 0.742. The molecule has 1 rings (SSSR count). The summed E-state index contributed by atoms with van der Waals surface area (Å²) < 4.78 is 0. The largest absolute Gasteiger partial charge is 0.506 e. The van der Waals surface area contributed by atoms with E-state index in [-0.39, 0.29) is 30.1 Å². The maximum absolute atomic E-state index is 11.2. The number of nitrogens with zero attached hydrogens (tertiary/aromatic N) is 1. The highest BCUT2D eigenvalue weighted by Crippen LogP contribution is 2.14. The molecule has 0 aliphatic heterocycles. The van der Waals surface area contributed by atoms with Crippen molar-refractivity contribution in [1.29, 1.82) is 0 Å². The lowest BCUT2D eigenvalue weighted by Crippen LogP contribution is -2.40. The second-order valence-electron chi connectivity index (χ2n) is 3.64. The molecular weight excluding hydrogens is 242 g/mol. The molecule has 1 aromatic rings. The molecule has 0 aliphatic rings. The Bertz CT molecular complexity index is 385. The van der Waals surface area contributed by atoms with Gasteiger partial charge in [-0.25, -0.2) is 0 Å². The van der Waals surface area contributed by atoms with E-state index in [4.69, 9.17) is 0 Å². The van der Waals surface area contributed by atoms with Gasteiger partial charge in [0.2, 0.25) is 5.91 Å². The van der Waals surface area contributed by atoms with E-state index < -0.39 is 0 Å². The molecule has 17 heavy (non-hydrogen) atoms. The molecule has 1 atom stereocenters. The van der Waals surface area contributed by atoms with E-state index in [1.165, 1.54) is 0 Å². The average molecular weight is 260 g/mol. The molecule has 0 aromatic carbocycles. The van der Waals surface area contributed by atoms with Gasteiger partial charge in [-0.1, -0.05) is 0 Å². The molecule has 5 nitrogen and oxygen atoms in total. The van der Waals surface area contributed by atoms with E-state index in [1.54, 1.807) is 26.1 Å². The fourth-order valence-corrected chi connectivity index (χ4v) is 1.29. The summed E-state index contributed by atoms with van der Waals surface area (Å²) >= 11 is 0. The van der Waals surface area contributed by atoms with Gasteiger partial charge in [0.1, 0.15) is 5.75 Å². The van der Waals surface area contributed by atoms with Crippen LogP contribution in [0.2, 0.25) is 0 Å². The van der Waals surface area contributed by atoms with E-state index >= 15 is 0 Å². The molecule has 0 fully saturated rings. The lowest BCUT2D eigenvalue weighted by atomic mass is 10.2.